The lowest BCUT2D eigenvalue weighted by Gasteiger charge is -2.09. The van der Waals surface area contributed by atoms with Crippen molar-refractivity contribution in [2.45, 2.75) is 13.0 Å². The van der Waals surface area contributed by atoms with Crippen LogP contribution < -0.4 is 10.1 Å². The lowest BCUT2D eigenvalue weighted by molar-refractivity contribution is -0.115. The summed E-state index contributed by atoms with van der Waals surface area (Å²) in [5.74, 6) is -0.458. The Bertz CT molecular complexity index is 626. The molecule has 0 spiro atoms. The van der Waals surface area contributed by atoms with E-state index in [0.29, 0.717) is 17.9 Å². The van der Waals surface area contributed by atoms with E-state index in [9.17, 15) is 9.18 Å². The highest BCUT2D eigenvalue weighted by molar-refractivity contribution is 5.99. The SMILES string of the molecule is O=C1Cc2c(ccc(OCc3ccccc3)c2F)N1. The molecule has 4 heteroatoms. The van der Waals surface area contributed by atoms with Crippen molar-refractivity contribution in [1.29, 1.82) is 0 Å². The number of hydrogen-bond acceptors (Lipinski definition) is 2. The van der Waals surface area contributed by atoms with Gasteiger partial charge in [0.1, 0.15) is 6.61 Å². The maximum atomic E-state index is 14.1. The number of nitrogens with one attached hydrogen (secondary N) is 1. The summed E-state index contributed by atoms with van der Waals surface area (Å²) in [5.41, 5.74) is 1.89. The van der Waals surface area contributed by atoms with Crippen LogP contribution in [0.4, 0.5) is 10.1 Å². The summed E-state index contributed by atoms with van der Waals surface area (Å²) in [6.07, 6.45) is 0.0731. The van der Waals surface area contributed by atoms with Gasteiger partial charge in [-0.15, -0.1) is 0 Å². The Labute approximate surface area is 110 Å². The van der Waals surface area contributed by atoms with Crippen molar-refractivity contribution in [2.24, 2.45) is 0 Å². The minimum Gasteiger partial charge on any atom is -0.486 e. The molecule has 19 heavy (non-hydrogen) atoms. The van der Waals surface area contributed by atoms with E-state index in [1.54, 1.807) is 12.1 Å². The molecule has 0 unspecified atom stereocenters. The second-order valence-electron chi connectivity index (χ2n) is 4.40. The van der Waals surface area contributed by atoms with Crippen LogP contribution in [-0.2, 0) is 17.8 Å². The Morgan fingerprint density at radius 3 is 2.74 bits per heavy atom. The molecule has 3 nitrogen and oxygen atoms in total. The van der Waals surface area contributed by atoms with E-state index in [-0.39, 0.29) is 18.1 Å². The molecule has 1 amide bonds. The first-order chi connectivity index (χ1) is 9.24. The Morgan fingerprint density at radius 1 is 1.16 bits per heavy atom. The first-order valence-corrected chi connectivity index (χ1v) is 6.02. The third kappa shape index (κ3) is 2.29. The number of benzene rings is 2. The molecule has 2 aromatic rings. The summed E-state index contributed by atoms with van der Waals surface area (Å²) in [4.78, 5) is 11.2. The van der Waals surface area contributed by atoms with Crippen LogP contribution in [0, 0.1) is 5.82 Å². The number of fused-ring (bicyclic) bond motifs is 1. The average molecular weight is 257 g/mol. The fraction of sp³-hybridized carbons (Fsp3) is 0.133. The zero-order valence-electron chi connectivity index (χ0n) is 10.2. The minimum absolute atomic E-state index is 0.0731. The molecule has 1 heterocycles. The summed E-state index contributed by atoms with van der Waals surface area (Å²) >= 11 is 0. The number of carbonyl (C=O) groups excluding carboxylic acids is 1. The van der Waals surface area contributed by atoms with Crippen molar-refractivity contribution in [3.8, 4) is 5.75 Å². The molecule has 0 saturated carbocycles. The number of amides is 1. The van der Waals surface area contributed by atoms with Gasteiger partial charge in [0.05, 0.1) is 6.42 Å². The molecule has 0 saturated heterocycles. The molecule has 2 aromatic carbocycles. The molecule has 0 atom stereocenters. The number of halogens is 1. The maximum Gasteiger partial charge on any atom is 0.228 e. The Morgan fingerprint density at radius 2 is 1.95 bits per heavy atom. The van der Waals surface area contributed by atoms with Crippen LogP contribution in [0.15, 0.2) is 42.5 Å². The molecular weight excluding hydrogens is 245 g/mol. The molecule has 0 radical (unpaired) electrons. The van der Waals surface area contributed by atoms with E-state index in [0.717, 1.165) is 5.56 Å². The van der Waals surface area contributed by atoms with Crippen LogP contribution in [0.1, 0.15) is 11.1 Å². The van der Waals surface area contributed by atoms with Gasteiger partial charge in [-0.25, -0.2) is 4.39 Å². The van der Waals surface area contributed by atoms with Crippen LogP contribution in [-0.4, -0.2) is 5.91 Å². The van der Waals surface area contributed by atoms with E-state index in [1.807, 2.05) is 30.3 Å². The fourth-order valence-electron chi connectivity index (χ4n) is 2.09. The molecule has 0 aliphatic carbocycles. The van der Waals surface area contributed by atoms with Crippen LogP contribution in [0.3, 0.4) is 0 Å². The number of ether oxygens (including phenoxy) is 1. The maximum absolute atomic E-state index is 14.1. The van der Waals surface area contributed by atoms with Crippen LogP contribution >= 0.6 is 0 Å². The normalized spacial score (nSPS) is 13.0. The van der Waals surface area contributed by atoms with Gasteiger partial charge in [0, 0.05) is 11.3 Å². The molecular formula is C15H12FNO2. The zero-order valence-corrected chi connectivity index (χ0v) is 10.2. The predicted molar refractivity (Wildman–Crippen MR) is 69.5 cm³/mol. The first-order valence-electron chi connectivity index (χ1n) is 6.02. The highest BCUT2D eigenvalue weighted by Gasteiger charge is 2.23. The second kappa shape index (κ2) is 4.72. The van der Waals surface area contributed by atoms with E-state index >= 15 is 0 Å². The first kappa shape index (κ1) is 11.7. The second-order valence-corrected chi connectivity index (χ2v) is 4.40. The van der Waals surface area contributed by atoms with Crippen LogP contribution in [0.2, 0.25) is 0 Å². The van der Waals surface area contributed by atoms with Crippen molar-refractivity contribution in [3.05, 3.63) is 59.4 Å². The Hall–Kier alpha value is -2.36. The minimum atomic E-state index is -0.452. The van der Waals surface area contributed by atoms with Gasteiger partial charge >= 0.3 is 0 Å². The average Bonchev–Trinajstić information content (AvgIpc) is 2.81. The van der Waals surface area contributed by atoms with Crippen molar-refractivity contribution < 1.29 is 13.9 Å². The summed E-state index contributed by atoms with van der Waals surface area (Å²) in [7, 11) is 0. The molecule has 3 rings (SSSR count). The topological polar surface area (TPSA) is 38.3 Å². The summed E-state index contributed by atoms with van der Waals surface area (Å²) in [6, 6.07) is 12.8. The highest BCUT2D eigenvalue weighted by Crippen LogP contribution is 2.31. The number of hydrogen-bond donors (Lipinski definition) is 1. The third-order valence-electron chi connectivity index (χ3n) is 3.06. The van der Waals surface area contributed by atoms with Gasteiger partial charge in [0.25, 0.3) is 0 Å². The van der Waals surface area contributed by atoms with Gasteiger partial charge in [0.2, 0.25) is 5.91 Å². The zero-order chi connectivity index (χ0) is 13.2. The van der Waals surface area contributed by atoms with E-state index in [1.165, 1.54) is 0 Å². The highest BCUT2D eigenvalue weighted by atomic mass is 19.1. The Kier molecular flexibility index (Phi) is 2.91. The summed E-state index contributed by atoms with van der Waals surface area (Å²) < 4.78 is 19.6. The molecule has 0 bridgehead atoms. The fourth-order valence-corrected chi connectivity index (χ4v) is 2.09. The summed E-state index contributed by atoms with van der Waals surface area (Å²) in [5, 5.41) is 2.60. The van der Waals surface area contributed by atoms with E-state index in [4.69, 9.17) is 4.74 Å². The monoisotopic (exact) mass is 257 g/mol. The van der Waals surface area contributed by atoms with Gasteiger partial charge < -0.3 is 10.1 Å². The van der Waals surface area contributed by atoms with Gasteiger partial charge in [-0.2, -0.15) is 0 Å². The number of anilines is 1. The molecule has 0 aromatic heterocycles. The lowest BCUT2D eigenvalue weighted by atomic mass is 10.1. The number of carbonyl (C=O) groups is 1. The van der Waals surface area contributed by atoms with Crippen LogP contribution in [0.25, 0.3) is 0 Å². The van der Waals surface area contributed by atoms with Gasteiger partial charge in [-0.1, -0.05) is 30.3 Å². The number of rotatable bonds is 3. The largest absolute Gasteiger partial charge is 0.486 e. The standard InChI is InChI=1S/C15H12FNO2/c16-15-11-8-14(18)17-12(11)6-7-13(15)19-9-10-4-2-1-3-5-10/h1-7H,8-9H2,(H,17,18). The third-order valence-corrected chi connectivity index (χ3v) is 3.06. The van der Waals surface area contributed by atoms with Crippen molar-refractivity contribution in [1.82, 2.24) is 0 Å². The van der Waals surface area contributed by atoms with Crippen molar-refractivity contribution in [2.75, 3.05) is 5.32 Å². The van der Waals surface area contributed by atoms with E-state index < -0.39 is 5.82 Å². The van der Waals surface area contributed by atoms with Crippen LogP contribution in [0.5, 0.6) is 5.75 Å². The van der Waals surface area contributed by atoms with Gasteiger partial charge in [-0.3, -0.25) is 4.79 Å². The molecule has 1 aliphatic rings. The smallest absolute Gasteiger partial charge is 0.228 e. The summed E-state index contributed by atoms with van der Waals surface area (Å²) in [6.45, 7) is 0.303. The molecule has 0 fully saturated rings. The van der Waals surface area contributed by atoms with Gasteiger partial charge in [-0.05, 0) is 17.7 Å². The predicted octanol–water partition coefficient (Wildman–Crippen LogP) is 2.90. The molecule has 1 N–H and O–H groups in total. The van der Waals surface area contributed by atoms with Crippen molar-refractivity contribution >= 4 is 11.6 Å². The van der Waals surface area contributed by atoms with E-state index in [2.05, 4.69) is 5.32 Å². The Balaban J connectivity index is 1.80. The molecule has 96 valence electrons. The van der Waals surface area contributed by atoms with Gasteiger partial charge in [0.15, 0.2) is 11.6 Å². The quantitative estimate of drug-likeness (QED) is 0.918. The van der Waals surface area contributed by atoms with Crippen molar-refractivity contribution in [3.63, 3.8) is 0 Å². The lowest BCUT2D eigenvalue weighted by Crippen LogP contribution is -2.03. The molecule has 1 aliphatic heterocycles.